The minimum Gasteiger partial charge on any atom is -0.497 e. The lowest BCUT2D eigenvalue weighted by atomic mass is 10.1. The predicted octanol–water partition coefficient (Wildman–Crippen LogP) is 2.72. The summed E-state index contributed by atoms with van der Waals surface area (Å²) in [6.45, 7) is 2.23. The predicted molar refractivity (Wildman–Crippen MR) is 99.2 cm³/mol. The van der Waals surface area contributed by atoms with Crippen molar-refractivity contribution in [2.75, 3.05) is 26.1 Å². The topological polar surface area (TPSA) is 86.5 Å². The first-order valence-electron chi connectivity index (χ1n) is 7.28. The first-order chi connectivity index (χ1) is 11.1. The first-order valence-corrected chi connectivity index (χ1v) is 8.10. The summed E-state index contributed by atoms with van der Waals surface area (Å²) in [7, 11) is 3.14. The number of rotatable bonds is 7. The van der Waals surface area contributed by atoms with Gasteiger partial charge in [-0.15, -0.1) is 23.7 Å². The second-order valence-electron chi connectivity index (χ2n) is 4.92. The summed E-state index contributed by atoms with van der Waals surface area (Å²) < 4.78 is 10.1. The third kappa shape index (κ3) is 4.91. The molecule has 1 aromatic heterocycles. The first kappa shape index (κ1) is 20.4. The maximum absolute atomic E-state index is 12.0. The fourth-order valence-corrected chi connectivity index (χ4v) is 3.00. The molecule has 6 nitrogen and oxygen atoms in total. The number of nitrogens with one attached hydrogen (secondary N) is 1. The van der Waals surface area contributed by atoms with Crippen LogP contribution in [-0.2, 0) is 16.0 Å². The highest BCUT2D eigenvalue weighted by Gasteiger charge is 2.17. The molecular weight excluding hydrogens is 350 g/mol. The van der Waals surface area contributed by atoms with Crippen LogP contribution in [0.2, 0.25) is 0 Å². The minimum atomic E-state index is -0.710. The van der Waals surface area contributed by atoms with Gasteiger partial charge in [0.2, 0.25) is 5.91 Å². The van der Waals surface area contributed by atoms with Gasteiger partial charge in [0.05, 0.1) is 19.4 Å². The van der Waals surface area contributed by atoms with Crippen LogP contribution in [0.4, 0.5) is 5.13 Å². The van der Waals surface area contributed by atoms with Crippen molar-refractivity contribution in [1.82, 2.24) is 4.98 Å². The molecule has 0 bridgehead atoms. The molecule has 1 amide bonds. The zero-order chi connectivity index (χ0) is 16.8. The Morgan fingerprint density at radius 1 is 1.33 bits per heavy atom. The van der Waals surface area contributed by atoms with Crippen molar-refractivity contribution in [2.45, 2.75) is 19.4 Å². The Hall–Kier alpha value is -1.67. The number of nitrogens with two attached hydrogens (primary N) is 1. The number of aryl methyl sites for hydroxylation is 1. The van der Waals surface area contributed by atoms with E-state index in [1.807, 2.05) is 24.3 Å². The van der Waals surface area contributed by atoms with Crippen molar-refractivity contribution in [3.05, 3.63) is 29.1 Å². The summed E-state index contributed by atoms with van der Waals surface area (Å²) in [6.07, 6.45) is 0.832. The van der Waals surface area contributed by atoms with Crippen LogP contribution in [0.5, 0.6) is 5.75 Å². The van der Waals surface area contributed by atoms with E-state index in [-0.39, 0.29) is 24.9 Å². The molecule has 0 radical (unpaired) electrons. The Bertz CT molecular complexity index is 661. The van der Waals surface area contributed by atoms with Gasteiger partial charge < -0.3 is 20.5 Å². The molecule has 2 aromatic rings. The number of aromatic nitrogens is 1. The van der Waals surface area contributed by atoms with Gasteiger partial charge >= 0.3 is 0 Å². The van der Waals surface area contributed by atoms with E-state index in [2.05, 4.69) is 17.2 Å². The number of amides is 1. The van der Waals surface area contributed by atoms with Gasteiger partial charge in [-0.3, -0.25) is 4.79 Å². The maximum atomic E-state index is 12.0. The number of hydrogen-bond donors (Lipinski definition) is 2. The zero-order valence-corrected chi connectivity index (χ0v) is 15.5. The molecule has 1 aromatic carbocycles. The van der Waals surface area contributed by atoms with Gasteiger partial charge in [0, 0.05) is 17.6 Å². The van der Waals surface area contributed by atoms with Crippen LogP contribution in [0.15, 0.2) is 24.3 Å². The summed E-state index contributed by atoms with van der Waals surface area (Å²) in [5.41, 5.74) is 7.58. The SMILES string of the molecule is CCc1sc(NC(=O)C(N)COC)nc1-c1ccc(OC)cc1.Cl. The molecule has 1 unspecified atom stereocenters. The van der Waals surface area contributed by atoms with Crippen molar-refractivity contribution in [3.8, 4) is 17.0 Å². The Morgan fingerprint density at radius 2 is 2.00 bits per heavy atom. The van der Waals surface area contributed by atoms with Crippen LogP contribution in [0.25, 0.3) is 11.3 Å². The molecule has 0 fully saturated rings. The summed E-state index contributed by atoms with van der Waals surface area (Å²) >= 11 is 1.46. The van der Waals surface area contributed by atoms with Crippen LogP contribution >= 0.6 is 23.7 Å². The van der Waals surface area contributed by atoms with Crippen LogP contribution in [0, 0.1) is 0 Å². The van der Waals surface area contributed by atoms with E-state index >= 15 is 0 Å². The average molecular weight is 372 g/mol. The number of nitrogens with zero attached hydrogens (tertiary/aromatic N) is 1. The van der Waals surface area contributed by atoms with Crippen molar-refractivity contribution in [2.24, 2.45) is 5.73 Å². The normalized spacial score (nSPS) is 11.5. The third-order valence-corrected chi connectivity index (χ3v) is 4.41. The lowest BCUT2D eigenvalue weighted by Gasteiger charge is -2.08. The second-order valence-corrected chi connectivity index (χ2v) is 6.01. The molecule has 0 aliphatic rings. The summed E-state index contributed by atoms with van der Waals surface area (Å²) in [6, 6.07) is 6.98. The van der Waals surface area contributed by atoms with Crippen molar-refractivity contribution >= 4 is 34.8 Å². The highest BCUT2D eigenvalue weighted by molar-refractivity contribution is 7.16. The number of carbonyl (C=O) groups is 1. The van der Waals surface area contributed by atoms with Gasteiger partial charge in [0.1, 0.15) is 11.8 Å². The van der Waals surface area contributed by atoms with Gasteiger partial charge in [-0.2, -0.15) is 0 Å². The van der Waals surface area contributed by atoms with E-state index in [1.54, 1.807) is 7.11 Å². The molecule has 24 heavy (non-hydrogen) atoms. The zero-order valence-electron chi connectivity index (χ0n) is 13.9. The van der Waals surface area contributed by atoms with Crippen molar-refractivity contribution < 1.29 is 14.3 Å². The summed E-state index contributed by atoms with van der Waals surface area (Å²) in [4.78, 5) is 17.6. The largest absolute Gasteiger partial charge is 0.497 e. The van der Waals surface area contributed by atoms with Gasteiger partial charge in [-0.05, 0) is 30.7 Å². The van der Waals surface area contributed by atoms with E-state index in [4.69, 9.17) is 15.2 Å². The number of thiazole rings is 1. The molecular formula is C16H22ClN3O3S. The number of anilines is 1. The Kier molecular flexibility index (Phi) is 8.14. The third-order valence-electron chi connectivity index (χ3n) is 3.30. The van der Waals surface area contributed by atoms with Crippen LogP contribution < -0.4 is 15.8 Å². The van der Waals surface area contributed by atoms with Crippen LogP contribution in [0.3, 0.4) is 0 Å². The fourth-order valence-electron chi connectivity index (χ4n) is 2.07. The molecule has 8 heteroatoms. The molecule has 2 rings (SSSR count). The summed E-state index contributed by atoms with van der Waals surface area (Å²) in [5.74, 6) is 0.491. The molecule has 3 N–H and O–H groups in total. The Balaban J connectivity index is 0.00000288. The average Bonchev–Trinajstić information content (AvgIpc) is 2.98. The minimum absolute atomic E-state index is 0. The monoisotopic (exact) mass is 371 g/mol. The van der Waals surface area contributed by atoms with E-state index in [0.29, 0.717) is 5.13 Å². The van der Waals surface area contributed by atoms with E-state index < -0.39 is 6.04 Å². The highest BCUT2D eigenvalue weighted by atomic mass is 35.5. The molecule has 0 saturated carbocycles. The molecule has 132 valence electrons. The quantitative estimate of drug-likeness (QED) is 0.781. The van der Waals surface area contributed by atoms with Gasteiger partial charge in [0.15, 0.2) is 5.13 Å². The Morgan fingerprint density at radius 3 is 2.54 bits per heavy atom. The van der Waals surface area contributed by atoms with Crippen LogP contribution in [0.1, 0.15) is 11.8 Å². The molecule has 0 spiro atoms. The maximum Gasteiger partial charge on any atom is 0.245 e. The van der Waals surface area contributed by atoms with E-state index in [0.717, 1.165) is 28.3 Å². The molecule has 0 aliphatic heterocycles. The number of methoxy groups -OCH3 is 2. The van der Waals surface area contributed by atoms with E-state index in [1.165, 1.54) is 18.4 Å². The second kappa shape index (κ2) is 9.58. The number of halogens is 1. The molecule has 0 saturated heterocycles. The molecule has 0 aliphatic carbocycles. The standard InChI is InChI=1S/C16H21N3O3S.ClH/c1-4-13-14(10-5-7-11(22-3)8-6-10)18-16(23-13)19-15(20)12(17)9-21-2;/h5-8,12H,4,9,17H2,1-3H3,(H,18,19,20);1H. The highest BCUT2D eigenvalue weighted by Crippen LogP contribution is 2.32. The van der Waals surface area contributed by atoms with Gasteiger partial charge in [0.25, 0.3) is 0 Å². The smallest absolute Gasteiger partial charge is 0.245 e. The number of carbonyl (C=O) groups excluding carboxylic acids is 1. The van der Waals surface area contributed by atoms with Gasteiger partial charge in [-0.25, -0.2) is 4.98 Å². The van der Waals surface area contributed by atoms with E-state index in [9.17, 15) is 4.79 Å². The van der Waals surface area contributed by atoms with Crippen molar-refractivity contribution in [1.29, 1.82) is 0 Å². The number of benzene rings is 1. The van der Waals surface area contributed by atoms with Crippen LogP contribution in [-0.4, -0.2) is 37.8 Å². The fraction of sp³-hybridized carbons (Fsp3) is 0.375. The van der Waals surface area contributed by atoms with Gasteiger partial charge in [-0.1, -0.05) is 6.92 Å². The number of ether oxygens (including phenoxy) is 2. The lowest BCUT2D eigenvalue weighted by molar-refractivity contribution is -0.118. The number of hydrogen-bond acceptors (Lipinski definition) is 6. The molecule has 1 atom stereocenters. The van der Waals surface area contributed by atoms with Crippen molar-refractivity contribution in [3.63, 3.8) is 0 Å². The molecule has 1 heterocycles. The lowest BCUT2D eigenvalue weighted by Crippen LogP contribution is -2.39. The Labute approximate surface area is 151 Å². The summed E-state index contributed by atoms with van der Waals surface area (Å²) in [5, 5.41) is 3.30.